The van der Waals surface area contributed by atoms with Gasteiger partial charge in [-0.25, -0.2) is 4.98 Å². The van der Waals surface area contributed by atoms with E-state index >= 15 is 0 Å². The standard InChI is InChI=1S/C14H12N2O2/c1-8-13(9(2)17)16-7-6-10-4-3-5-11(18)12(10)14(16)15-8/h3-7,17H,1-2H3/b13-9-. The molecule has 4 heteroatoms. The minimum atomic E-state index is -0.0507. The van der Waals surface area contributed by atoms with Crippen LogP contribution in [0.2, 0.25) is 0 Å². The summed E-state index contributed by atoms with van der Waals surface area (Å²) in [6, 6.07) is 7.01. The highest BCUT2D eigenvalue weighted by Gasteiger charge is 2.10. The van der Waals surface area contributed by atoms with Crippen molar-refractivity contribution in [3.63, 3.8) is 0 Å². The number of benzene rings is 1. The van der Waals surface area contributed by atoms with Crippen LogP contribution in [0.15, 0.2) is 35.3 Å². The van der Waals surface area contributed by atoms with Crippen LogP contribution in [-0.4, -0.2) is 14.5 Å². The fourth-order valence-corrected chi connectivity index (χ4v) is 2.38. The van der Waals surface area contributed by atoms with E-state index in [0.717, 1.165) is 5.39 Å². The summed E-state index contributed by atoms with van der Waals surface area (Å²) in [6.07, 6.45) is 1.83. The fourth-order valence-electron chi connectivity index (χ4n) is 2.38. The molecule has 0 atom stereocenters. The van der Waals surface area contributed by atoms with Gasteiger partial charge in [0.15, 0.2) is 5.43 Å². The summed E-state index contributed by atoms with van der Waals surface area (Å²) in [5, 5.41) is 11.8. The molecule has 0 saturated carbocycles. The maximum Gasteiger partial charge on any atom is 0.190 e. The van der Waals surface area contributed by atoms with Crippen molar-refractivity contribution in [2.24, 2.45) is 0 Å². The zero-order valence-corrected chi connectivity index (χ0v) is 10.1. The summed E-state index contributed by atoms with van der Waals surface area (Å²) < 4.78 is 1.76. The highest BCUT2D eigenvalue weighted by atomic mass is 16.3. The fraction of sp³-hybridized carbons (Fsp3) is 0.143. The summed E-state index contributed by atoms with van der Waals surface area (Å²) in [7, 11) is 0. The first-order valence-electron chi connectivity index (χ1n) is 5.70. The SMILES string of the molecule is C/C(O)=c1\c(C)nc2c3c(=O)cccc3ccn12. The predicted molar refractivity (Wildman–Crippen MR) is 70.6 cm³/mol. The van der Waals surface area contributed by atoms with Gasteiger partial charge in [-0.05, 0) is 31.4 Å². The molecule has 3 rings (SSSR count). The first-order chi connectivity index (χ1) is 8.59. The number of fused-ring (bicyclic) bond motifs is 3. The molecule has 1 N–H and O–H groups in total. The Balaban J connectivity index is 2.71. The molecular weight excluding hydrogens is 228 g/mol. The molecule has 1 aromatic carbocycles. The Kier molecular flexibility index (Phi) is 2.13. The van der Waals surface area contributed by atoms with Gasteiger partial charge in [0.25, 0.3) is 0 Å². The minimum absolute atomic E-state index is 0.0507. The first kappa shape index (κ1) is 10.8. The van der Waals surface area contributed by atoms with Gasteiger partial charge in [0.1, 0.15) is 16.8 Å². The van der Waals surface area contributed by atoms with Crippen molar-refractivity contribution in [2.45, 2.75) is 13.8 Å². The summed E-state index contributed by atoms with van der Waals surface area (Å²) in [4.78, 5) is 16.4. The lowest BCUT2D eigenvalue weighted by Crippen LogP contribution is -2.15. The monoisotopic (exact) mass is 240 g/mol. The number of pyridine rings is 1. The van der Waals surface area contributed by atoms with Crippen molar-refractivity contribution in [1.82, 2.24) is 9.38 Å². The third-order valence-electron chi connectivity index (χ3n) is 3.11. The summed E-state index contributed by atoms with van der Waals surface area (Å²) in [5.41, 5.74) is 1.26. The van der Waals surface area contributed by atoms with E-state index in [2.05, 4.69) is 4.98 Å². The second kappa shape index (κ2) is 3.57. The van der Waals surface area contributed by atoms with E-state index in [0.29, 0.717) is 22.1 Å². The van der Waals surface area contributed by atoms with Crippen LogP contribution < -0.4 is 10.8 Å². The van der Waals surface area contributed by atoms with E-state index in [4.69, 9.17) is 0 Å². The van der Waals surface area contributed by atoms with Gasteiger partial charge >= 0.3 is 0 Å². The topological polar surface area (TPSA) is 54.6 Å². The lowest BCUT2D eigenvalue weighted by Gasteiger charge is -1.99. The Morgan fingerprint density at radius 1 is 1.33 bits per heavy atom. The molecule has 0 aliphatic carbocycles. The lowest BCUT2D eigenvalue weighted by atomic mass is 10.1. The van der Waals surface area contributed by atoms with Gasteiger partial charge in [0.2, 0.25) is 0 Å². The van der Waals surface area contributed by atoms with Gasteiger partial charge in [-0.3, -0.25) is 9.20 Å². The van der Waals surface area contributed by atoms with Crippen LogP contribution in [-0.2, 0) is 0 Å². The van der Waals surface area contributed by atoms with Gasteiger partial charge in [0.05, 0.1) is 11.1 Å². The third-order valence-corrected chi connectivity index (χ3v) is 3.11. The highest BCUT2D eigenvalue weighted by molar-refractivity contribution is 5.93. The Morgan fingerprint density at radius 2 is 2.11 bits per heavy atom. The Labute approximate surface area is 103 Å². The van der Waals surface area contributed by atoms with E-state index in [1.165, 1.54) is 6.07 Å². The van der Waals surface area contributed by atoms with Crippen LogP contribution in [0.1, 0.15) is 12.6 Å². The molecule has 0 spiro atoms. The van der Waals surface area contributed by atoms with Crippen LogP contribution >= 0.6 is 0 Å². The van der Waals surface area contributed by atoms with E-state index in [1.54, 1.807) is 17.4 Å². The maximum absolute atomic E-state index is 12.0. The van der Waals surface area contributed by atoms with Crippen LogP contribution in [0.25, 0.3) is 22.2 Å². The number of imidazole rings is 1. The van der Waals surface area contributed by atoms with E-state index < -0.39 is 0 Å². The van der Waals surface area contributed by atoms with E-state index in [1.807, 2.05) is 25.3 Å². The normalized spacial score (nSPS) is 13.2. The Hall–Kier alpha value is -2.36. The van der Waals surface area contributed by atoms with Gasteiger partial charge in [-0.15, -0.1) is 0 Å². The summed E-state index contributed by atoms with van der Waals surface area (Å²) in [6.45, 7) is 3.44. The Bertz CT molecular complexity index is 874. The van der Waals surface area contributed by atoms with Crippen molar-refractivity contribution < 1.29 is 5.11 Å². The number of aliphatic hydroxyl groups excluding tert-OH is 1. The molecule has 0 bridgehead atoms. The highest BCUT2D eigenvalue weighted by Crippen LogP contribution is 2.14. The van der Waals surface area contributed by atoms with Crippen molar-refractivity contribution in [2.75, 3.05) is 0 Å². The second-order valence-electron chi connectivity index (χ2n) is 4.36. The second-order valence-corrected chi connectivity index (χ2v) is 4.36. The van der Waals surface area contributed by atoms with E-state index in [9.17, 15) is 9.90 Å². The van der Waals surface area contributed by atoms with Crippen molar-refractivity contribution in [3.05, 3.63) is 51.7 Å². The van der Waals surface area contributed by atoms with Gasteiger partial charge in [-0.2, -0.15) is 0 Å². The average molecular weight is 240 g/mol. The molecule has 2 aromatic heterocycles. The largest absolute Gasteiger partial charge is 0.510 e. The van der Waals surface area contributed by atoms with Crippen molar-refractivity contribution in [1.29, 1.82) is 0 Å². The van der Waals surface area contributed by atoms with Gasteiger partial charge < -0.3 is 5.11 Å². The van der Waals surface area contributed by atoms with Crippen molar-refractivity contribution in [3.8, 4) is 0 Å². The molecule has 18 heavy (non-hydrogen) atoms. The predicted octanol–water partition coefficient (Wildman–Crippen LogP) is 1.56. The van der Waals surface area contributed by atoms with Crippen molar-refractivity contribution >= 4 is 22.2 Å². The number of aliphatic hydroxyl groups is 1. The molecule has 4 nitrogen and oxygen atoms in total. The number of hydrogen-bond acceptors (Lipinski definition) is 3. The molecule has 0 aliphatic rings. The molecule has 0 unspecified atom stereocenters. The average Bonchev–Trinajstić information content (AvgIpc) is 2.65. The van der Waals surface area contributed by atoms with Crippen LogP contribution in [0.4, 0.5) is 0 Å². The quantitative estimate of drug-likeness (QED) is 0.648. The number of aromatic nitrogens is 2. The number of hydrogen-bond donors (Lipinski definition) is 1. The molecular formula is C14H12N2O2. The maximum atomic E-state index is 12.0. The third kappa shape index (κ3) is 1.32. The molecule has 0 fully saturated rings. The number of nitrogens with zero attached hydrogens (tertiary/aromatic N) is 2. The van der Waals surface area contributed by atoms with Gasteiger partial charge in [0, 0.05) is 6.20 Å². The smallest absolute Gasteiger partial charge is 0.190 e. The zero-order valence-electron chi connectivity index (χ0n) is 10.1. The van der Waals surface area contributed by atoms with Gasteiger partial charge in [-0.1, -0.05) is 12.1 Å². The molecule has 0 amide bonds. The first-order valence-corrected chi connectivity index (χ1v) is 5.70. The Morgan fingerprint density at radius 3 is 2.83 bits per heavy atom. The zero-order chi connectivity index (χ0) is 12.9. The molecule has 90 valence electrons. The molecule has 2 heterocycles. The summed E-state index contributed by atoms with van der Waals surface area (Å²) in [5.74, 6) is 0.197. The number of rotatable bonds is 0. The minimum Gasteiger partial charge on any atom is -0.510 e. The molecule has 0 radical (unpaired) electrons. The van der Waals surface area contributed by atoms with Crippen LogP contribution in [0.3, 0.4) is 0 Å². The summed E-state index contributed by atoms with van der Waals surface area (Å²) >= 11 is 0. The molecule has 0 aliphatic heterocycles. The molecule has 3 aromatic rings. The van der Waals surface area contributed by atoms with Crippen LogP contribution in [0, 0.1) is 6.92 Å². The van der Waals surface area contributed by atoms with E-state index in [-0.39, 0.29) is 11.2 Å². The lowest BCUT2D eigenvalue weighted by molar-refractivity contribution is 0.495. The molecule has 0 saturated heterocycles. The number of aryl methyl sites for hydroxylation is 1. The van der Waals surface area contributed by atoms with Crippen LogP contribution in [0.5, 0.6) is 0 Å².